The molecule has 0 fully saturated rings. The smallest absolute Gasteiger partial charge is 0.328 e. The number of thioether (sulfide) groups is 1. The fourth-order valence-electron chi connectivity index (χ4n) is 1.89. The summed E-state index contributed by atoms with van der Waals surface area (Å²) in [6.07, 6.45) is 1.68. The summed E-state index contributed by atoms with van der Waals surface area (Å²) in [5.41, 5.74) is 0.495. The lowest BCUT2D eigenvalue weighted by Crippen LogP contribution is -2.22. The first kappa shape index (κ1) is 19.3. The monoisotopic (exact) mass is 375 g/mol. The molecule has 0 aliphatic heterocycles. The van der Waals surface area contributed by atoms with Gasteiger partial charge in [-0.3, -0.25) is 9.59 Å². The van der Waals surface area contributed by atoms with E-state index in [9.17, 15) is 14.4 Å². The maximum atomic E-state index is 12.2. The molecule has 9 heteroatoms. The van der Waals surface area contributed by atoms with Crippen molar-refractivity contribution in [1.82, 2.24) is 5.16 Å². The fourth-order valence-corrected chi connectivity index (χ4v) is 2.82. The molecule has 0 bridgehead atoms. The van der Waals surface area contributed by atoms with E-state index in [2.05, 4.69) is 15.8 Å². The summed E-state index contributed by atoms with van der Waals surface area (Å²) in [5, 5.41) is 17.0. The Morgan fingerprint density at radius 1 is 1.23 bits per heavy atom. The van der Waals surface area contributed by atoms with E-state index >= 15 is 0 Å². The van der Waals surface area contributed by atoms with Crippen LogP contribution in [0.25, 0.3) is 0 Å². The molecule has 8 nitrogen and oxygen atoms in total. The lowest BCUT2D eigenvalue weighted by Gasteiger charge is -2.11. The van der Waals surface area contributed by atoms with Gasteiger partial charge in [-0.15, -0.1) is 11.8 Å². The first-order valence-corrected chi connectivity index (χ1v) is 8.44. The van der Waals surface area contributed by atoms with Crippen LogP contribution < -0.4 is 10.6 Å². The zero-order valence-electron chi connectivity index (χ0n) is 14.1. The van der Waals surface area contributed by atoms with Gasteiger partial charge >= 0.3 is 5.97 Å². The molecule has 3 N–H and O–H groups in total. The van der Waals surface area contributed by atoms with Gasteiger partial charge in [0, 0.05) is 28.8 Å². The van der Waals surface area contributed by atoms with Crippen LogP contribution >= 0.6 is 11.8 Å². The second-order valence-corrected chi connectivity index (χ2v) is 6.68. The third kappa shape index (κ3) is 6.10. The van der Waals surface area contributed by atoms with E-state index in [0.29, 0.717) is 17.3 Å². The number of amides is 2. The van der Waals surface area contributed by atoms with Crippen molar-refractivity contribution in [2.45, 2.75) is 24.0 Å². The molecule has 1 aromatic carbocycles. The Kier molecular flexibility index (Phi) is 6.56. The van der Waals surface area contributed by atoms with Crippen molar-refractivity contribution >= 4 is 41.1 Å². The van der Waals surface area contributed by atoms with E-state index in [-0.39, 0.29) is 5.91 Å². The van der Waals surface area contributed by atoms with Crippen molar-refractivity contribution < 1.29 is 24.0 Å². The Hall–Kier alpha value is -3.07. The standard InChI is InChI=1S/C17H17N3O5S/c1-10-8-14(20-25-10)19-17(24)11(2)26-13-5-3-4-12(9-13)18-15(21)6-7-16(22)23/h3-9,11H,1-2H3,(H,18,21)(H,22,23)(H,19,20,24)/b7-6+. The van der Waals surface area contributed by atoms with Crippen LogP contribution in [0.15, 0.2) is 51.9 Å². The van der Waals surface area contributed by atoms with Crippen LogP contribution in [0.5, 0.6) is 0 Å². The van der Waals surface area contributed by atoms with E-state index < -0.39 is 17.1 Å². The largest absolute Gasteiger partial charge is 0.478 e. The van der Waals surface area contributed by atoms with Crippen molar-refractivity contribution in [2.24, 2.45) is 0 Å². The SMILES string of the molecule is Cc1cc(NC(=O)C(C)Sc2cccc(NC(=O)/C=C/C(=O)O)c2)no1. The summed E-state index contributed by atoms with van der Waals surface area (Å²) in [6, 6.07) is 8.51. The number of carboxylic acids is 1. The number of benzene rings is 1. The second kappa shape index (κ2) is 8.86. The zero-order valence-corrected chi connectivity index (χ0v) is 14.9. The van der Waals surface area contributed by atoms with Crippen LogP contribution in [-0.2, 0) is 14.4 Å². The normalized spacial score (nSPS) is 11.9. The van der Waals surface area contributed by atoms with Gasteiger partial charge in [-0.2, -0.15) is 0 Å². The number of aromatic nitrogens is 1. The summed E-state index contributed by atoms with van der Waals surface area (Å²) in [6.45, 7) is 3.47. The zero-order chi connectivity index (χ0) is 19.1. The molecule has 26 heavy (non-hydrogen) atoms. The Labute approximate surface area is 153 Å². The van der Waals surface area contributed by atoms with Gasteiger partial charge in [0.05, 0.1) is 5.25 Å². The van der Waals surface area contributed by atoms with Crippen LogP contribution in [-0.4, -0.2) is 33.3 Å². The Morgan fingerprint density at radius 3 is 2.65 bits per heavy atom. The topological polar surface area (TPSA) is 122 Å². The second-order valence-electron chi connectivity index (χ2n) is 5.26. The van der Waals surface area contributed by atoms with Crippen LogP contribution in [0.3, 0.4) is 0 Å². The molecule has 0 spiro atoms. The highest BCUT2D eigenvalue weighted by atomic mass is 32.2. The summed E-state index contributed by atoms with van der Waals surface area (Å²) in [7, 11) is 0. The minimum atomic E-state index is -1.20. The van der Waals surface area contributed by atoms with E-state index in [1.165, 1.54) is 11.8 Å². The molecular weight excluding hydrogens is 358 g/mol. The molecule has 0 radical (unpaired) electrons. The predicted molar refractivity (Wildman–Crippen MR) is 97.0 cm³/mol. The molecule has 136 valence electrons. The molecule has 1 heterocycles. The third-order valence-electron chi connectivity index (χ3n) is 3.04. The molecular formula is C17H17N3O5S. The predicted octanol–water partition coefficient (Wildman–Crippen LogP) is 2.68. The minimum absolute atomic E-state index is 0.234. The summed E-state index contributed by atoms with van der Waals surface area (Å²) in [5.74, 6) is -1.04. The molecule has 1 unspecified atom stereocenters. The quantitative estimate of drug-likeness (QED) is 0.502. The molecule has 2 aromatic rings. The van der Waals surface area contributed by atoms with Crippen molar-refractivity contribution in [1.29, 1.82) is 0 Å². The summed E-state index contributed by atoms with van der Waals surface area (Å²) < 4.78 is 4.90. The summed E-state index contributed by atoms with van der Waals surface area (Å²) in [4.78, 5) is 35.0. The van der Waals surface area contributed by atoms with E-state index in [1.807, 2.05) is 0 Å². The number of nitrogens with zero attached hydrogens (tertiary/aromatic N) is 1. The molecule has 2 amide bonds. The van der Waals surface area contributed by atoms with Crippen molar-refractivity contribution in [2.75, 3.05) is 10.6 Å². The minimum Gasteiger partial charge on any atom is -0.478 e. The third-order valence-corrected chi connectivity index (χ3v) is 4.13. The van der Waals surface area contributed by atoms with Gasteiger partial charge in [-0.05, 0) is 32.0 Å². The molecule has 1 atom stereocenters. The van der Waals surface area contributed by atoms with Crippen LogP contribution in [0.1, 0.15) is 12.7 Å². The number of carboxylic acid groups (broad SMARTS) is 1. The Morgan fingerprint density at radius 2 is 2.00 bits per heavy atom. The first-order chi connectivity index (χ1) is 12.3. The highest BCUT2D eigenvalue weighted by Gasteiger charge is 2.16. The molecule has 0 saturated heterocycles. The van der Waals surface area contributed by atoms with E-state index in [1.54, 1.807) is 44.2 Å². The fraction of sp³-hybridized carbons (Fsp3) is 0.176. The van der Waals surface area contributed by atoms with Crippen molar-refractivity contribution in [3.05, 3.63) is 48.2 Å². The number of aliphatic carboxylic acids is 1. The number of anilines is 2. The average molecular weight is 375 g/mol. The maximum absolute atomic E-state index is 12.2. The number of hydrogen-bond acceptors (Lipinski definition) is 6. The van der Waals surface area contributed by atoms with Gasteiger partial charge in [-0.25, -0.2) is 4.79 Å². The van der Waals surface area contributed by atoms with Gasteiger partial charge in [0.2, 0.25) is 11.8 Å². The van der Waals surface area contributed by atoms with Crippen molar-refractivity contribution in [3.63, 3.8) is 0 Å². The van der Waals surface area contributed by atoms with Crippen LogP contribution in [0.2, 0.25) is 0 Å². The van der Waals surface area contributed by atoms with Gasteiger partial charge < -0.3 is 20.3 Å². The number of nitrogens with one attached hydrogen (secondary N) is 2. The van der Waals surface area contributed by atoms with Gasteiger partial charge in [0.25, 0.3) is 0 Å². The first-order valence-electron chi connectivity index (χ1n) is 7.56. The number of rotatable bonds is 7. The highest BCUT2D eigenvalue weighted by molar-refractivity contribution is 8.00. The van der Waals surface area contributed by atoms with E-state index in [0.717, 1.165) is 17.0 Å². The van der Waals surface area contributed by atoms with Crippen LogP contribution in [0.4, 0.5) is 11.5 Å². The number of aryl methyl sites for hydroxylation is 1. The lowest BCUT2D eigenvalue weighted by molar-refractivity contribution is -0.131. The number of hydrogen-bond donors (Lipinski definition) is 3. The van der Waals surface area contributed by atoms with Gasteiger partial charge in [0.15, 0.2) is 5.82 Å². The molecule has 0 aliphatic rings. The number of carbonyl (C=O) groups excluding carboxylic acids is 2. The molecule has 2 rings (SSSR count). The summed E-state index contributed by atoms with van der Waals surface area (Å²) >= 11 is 1.30. The van der Waals surface area contributed by atoms with Gasteiger partial charge in [-0.1, -0.05) is 11.2 Å². The number of carbonyl (C=O) groups is 3. The van der Waals surface area contributed by atoms with Crippen molar-refractivity contribution in [3.8, 4) is 0 Å². The molecule has 0 aliphatic carbocycles. The van der Waals surface area contributed by atoms with E-state index in [4.69, 9.17) is 9.63 Å². The molecule has 1 aromatic heterocycles. The van der Waals surface area contributed by atoms with Crippen LogP contribution in [0, 0.1) is 6.92 Å². The Balaban J connectivity index is 1.95. The Bertz CT molecular complexity index is 846. The maximum Gasteiger partial charge on any atom is 0.328 e. The molecule has 0 saturated carbocycles. The average Bonchev–Trinajstić information content (AvgIpc) is 2.98. The highest BCUT2D eigenvalue weighted by Crippen LogP contribution is 2.26. The van der Waals surface area contributed by atoms with Gasteiger partial charge in [0.1, 0.15) is 5.76 Å². The lowest BCUT2D eigenvalue weighted by atomic mass is 10.3.